The summed E-state index contributed by atoms with van der Waals surface area (Å²) in [6, 6.07) is 2.33. The topological polar surface area (TPSA) is 36.4 Å². The summed E-state index contributed by atoms with van der Waals surface area (Å²) in [5, 5.41) is 0. The number of nitrogens with zero attached hydrogens (tertiary/aromatic N) is 3. The summed E-state index contributed by atoms with van der Waals surface area (Å²) in [6.07, 6.45) is 5.06. The number of aromatic nitrogens is 1. The monoisotopic (exact) mass is 299 g/mol. The maximum atomic E-state index is 12.7. The van der Waals surface area contributed by atoms with E-state index in [9.17, 15) is 4.79 Å². The van der Waals surface area contributed by atoms with E-state index in [1.54, 1.807) is 0 Å². The molecule has 0 spiro atoms. The van der Waals surface area contributed by atoms with Crippen molar-refractivity contribution in [2.75, 3.05) is 13.1 Å². The number of fused-ring (bicyclic) bond motifs is 1. The number of pyridine rings is 1. The minimum absolute atomic E-state index is 0.206. The molecule has 0 unspecified atom stereocenters. The lowest BCUT2D eigenvalue weighted by Crippen LogP contribution is -2.30. The van der Waals surface area contributed by atoms with Crippen molar-refractivity contribution in [3.63, 3.8) is 0 Å². The maximum Gasteiger partial charge on any atom is 0.254 e. The van der Waals surface area contributed by atoms with Crippen LogP contribution in [0.15, 0.2) is 6.07 Å². The van der Waals surface area contributed by atoms with Crippen LogP contribution in [-0.4, -0.2) is 39.8 Å². The van der Waals surface area contributed by atoms with E-state index in [1.165, 1.54) is 50.0 Å². The molecule has 118 valence electrons. The second-order valence-corrected chi connectivity index (χ2v) is 7.31. The number of likely N-dealkylation sites (tertiary alicyclic amines) is 1. The third-order valence-corrected chi connectivity index (χ3v) is 5.20. The number of hydrogen-bond acceptors (Lipinski definition) is 3. The van der Waals surface area contributed by atoms with Crippen LogP contribution in [0.5, 0.6) is 0 Å². The molecular formula is C18H25N3O. The molecule has 0 aromatic carbocycles. The summed E-state index contributed by atoms with van der Waals surface area (Å²) in [6.45, 7) is 8.20. The van der Waals surface area contributed by atoms with Gasteiger partial charge in [0.15, 0.2) is 0 Å². The number of rotatable bonds is 4. The lowest BCUT2D eigenvalue weighted by Gasteiger charge is -2.19. The van der Waals surface area contributed by atoms with Gasteiger partial charge in [-0.2, -0.15) is 0 Å². The smallest absolute Gasteiger partial charge is 0.254 e. The van der Waals surface area contributed by atoms with Crippen molar-refractivity contribution in [2.45, 2.75) is 64.6 Å². The van der Waals surface area contributed by atoms with Crippen molar-refractivity contribution in [2.24, 2.45) is 0 Å². The van der Waals surface area contributed by atoms with E-state index in [0.717, 1.165) is 24.3 Å². The predicted molar refractivity (Wildman–Crippen MR) is 85.7 cm³/mol. The van der Waals surface area contributed by atoms with Crippen LogP contribution in [-0.2, 0) is 13.1 Å². The van der Waals surface area contributed by atoms with Crippen molar-refractivity contribution in [3.05, 3.63) is 28.6 Å². The highest BCUT2D eigenvalue weighted by molar-refractivity contribution is 5.99. The molecule has 1 aromatic heterocycles. The number of carbonyl (C=O) groups is 1. The quantitative estimate of drug-likeness (QED) is 0.857. The average molecular weight is 299 g/mol. The molecule has 2 fully saturated rings. The highest BCUT2D eigenvalue weighted by atomic mass is 16.2. The molecule has 0 atom stereocenters. The Morgan fingerprint density at radius 1 is 1.27 bits per heavy atom. The molecule has 4 nitrogen and oxygen atoms in total. The van der Waals surface area contributed by atoms with Gasteiger partial charge in [-0.1, -0.05) is 0 Å². The van der Waals surface area contributed by atoms with Crippen molar-refractivity contribution in [1.82, 2.24) is 14.8 Å². The minimum Gasteiger partial charge on any atom is -0.332 e. The van der Waals surface area contributed by atoms with Crippen molar-refractivity contribution >= 4 is 5.91 Å². The summed E-state index contributed by atoms with van der Waals surface area (Å²) in [7, 11) is 0. The van der Waals surface area contributed by atoms with Gasteiger partial charge in [0.05, 0.1) is 5.69 Å². The first-order chi connectivity index (χ1) is 10.6. The van der Waals surface area contributed by atoms with E-state index in [4.69, 9.17) is 4.98 Å². The van der Waals surface area contributed by atoms with Crippen LogP contribution in [0.2, 0.25) is 0 Å². The van der Waals surface area contributed by atoms with Crippen molar-refractivity contribution in [1.29, 1.82) is 0 Å². The number of carbonyl (C=O) groups excluding carboxylic acids is 1. The Bertz CT molecular complexity index is 601. The molecule has 4 rings (SSSR count). The zero-order chi connectivity index (χ0) is 15.3. The Morgan fingerprint density at radius 3 is 2.64 bits per heavy atom. The van der Waals surface area contributed by atoms with Crippen LogP contribution in [0.4, 0.5) is 0 Å². The van der Waals surface area contributed by atoms with Gasteiger partial charge in [-0.15, -0.1) is 0 Å². The molecule has 1 saturated heterocycles. The molecule has 3 heterocycles. The number of amides is 1. The highest BCUT2D eigenvalue weighted by Gasteiger charge is 2.37. The Hall–Kier alpha value is -1.42. The second-order valence-electron chi connectivity index (χ2n) is 7.31. The van der Waals surface area contributed by atoms with E-state index >= 15 is 0 Å². The van der Waals surface area contributed by atoms with Gasteiger partial charge in [-0.3, -0.25) is 14.7 Å². The molecule has 0 bridgehead atoms. The Balaban J connectivity index is 1.68. The Kier molecular flexibility index (Phi) is 3.44. The molecule has 22 heavy (non-hydrogen) atoms. The largest absolute Gasteiger partial charge is 0.332 e. The van der Waals surface area contributed by atoms with E-state index in [1.807, 2.05) is 4.90 Å². The Morgan fingerprint density at radius 2 is 2.00 bits per heavy atom. The molecule has 3 aliphatic rings. The maximum absolute atomic E-state index is 12.7. The van der Waals surface area contributed by atoms with E-state index < -0.39 is 0 Å². The van der Waals surface area contributed by atoms with Gasteiger partial charge in [-0.25, -0.2) is 0 Å². The normalized spacial score (nSPS) is 22.0. The molecule has 0 N–H and O–H groups in total. The Labute approximate surface area is 132 Å². The predicted octanol–water partition coefficient (Wildman–Crippen LogP) is 2.92. The average Bonchev–Trinajstić information content (AvgIpc) is 3.11. The molecule has 1 saturated carbocycles. The van der Waals surface area contributed by atoms with Gasteiger partial charge >= 0.3 is 0 Å². The van der Waals surface area contributed by atoms with Gasteiger partial charge in [0, 0.05) is 41.9 Å². The number of hydrogen-bond donors (Lipinski definition) is 0. The fourth-order valence-corrected chi connectivity index (χ4v) is 3.76. The van der Waals surface area contributed by atoms with Gasteiger partial charge in [-0.05, 0) is 58.7 Å². The fraction of sp³-hybridized carbons (Fsp3) is 0.667. The summed E-state index contributed by atoms with van der Waals surface area (Å²) in [4.78, 5) is 22.1. The lowest BCUT2D eigenvalue weighted by molar-refractivity contribution is 0.0730. The van der Waals surface area contributed by atoms with Crippen LogP contribution in [0, 0.1) is 0 Å². The molecule has 1 amide bonds. The molecule has 4 heteroatoms. The minimum atomic E-state index is 0.206. The van der Waals surface area contributed by atoms with Gasteiger partial charge < -0.3 is 4.90 Å². The molecule has 2 aliphatic heterocycles. The second kappa shape index (κ2) is 5.34. The SMILES string of the molecule is CC(C)N1Cc2c(cc(CN3CCCC3)nc2C2CC2)C1=O. The third-order valence-electron chi connectivity index (χ3n) is 5.20. The zero-order valence-electron chi connectivity index (χ0n) is 13.6. The van der Waals surface area contributed by atoms with Crippen LogP contribution < -0.4 is 0 Å². The molecular weight excluding hydrogens is 274 g/mol. The first-order valence-electron chi connectivity index (χ1n) is 8.69. The summed E-state index contributed by atoms with van der Waals surface area (Å²) >= 11 is 0. The summed E-state index contributed by atoms with van der Waals surface area (Å²) in [5.41, 5.74) is 4.47. The van der Waals surface area contributed by atoms with Crippen molar-refractivity contribution < 1.29 is 4.79 Å². The van der Waals surface area contributed by atoms with Crippen LogP contribution in [0.25, 0.3) is 0 Å². The van der Waals surface area contributed by atoms with E-state index in [-0.39, 0.29) is 11.9 Å². The highest BCUT2D eigenvalue weighted by Crippen LogP contribution is 2.43. The molecule has 1 aliphatic carbocycles. The van der Waals surface area contributed by atoms with Gasteiger partial charge in [0.25, 0.3) is 5.91 Å². The van der Waals surface area contributed by atoms with Gasteiger partial charge in [0.1, 0.15) is 0 Å². The summed E-state index contributed by atoms with van der Waals surface area (Å²) in [5.74, 6) is 0.809. The molecule has 0 radical (unpaired) electrons. The van der Waals surface area contributed by atoms with Crippen LogP contribution >= 0.6 is 0 Å². The summed E-state index contributed by atoms with van der Waals surface area (Å²) < 4.78 is 0. The first-order valence-corrected chi connectivity index (χ1v) is 8.69. The van der Waals surface area contributed by atoms with Gasteiger partial charge in [0.2, 0.25) is 0 Å². The van der Waals surface area contributed by atoms with Crippen molar-refractivity contribution in [3.8, 4) is 0 Å². The first kappa shape index (κ1) is 14.2. The third kappa shape index (κ3) is 2.43. The molecule has 1 aromatic rings. The zero-order valence-corrected chi connectivity index (χ0v) is 13.6. The lowest BCUT2D eigenvalue weighted by atomic mass is 10.0. The standard InChI is InChI=1S/C18H25N3O/c1-12(2)21-11-16-15(18(21)22)9-14(10-20-7-3-4-8-20)19-17(16)13-5-6-13/h9,12-13H,3-8,10-11H2,1-2H3. The van der Waals surface area contributed by atoms with Crippen LogP contribution in [0.1, 0.15) is 72.8 Å². The van der Waals surface area contributed by atoms with Crippen LogP contribution in [0.3, 0.4) is 0 Å². The van der Waals surface area contributed by atoms with E-state index in [2.05, 4.69) is 24.8 Å². The van der Waals surface area contributed by atoms with E-state index in [0.29, 0.717) is 5.92 Å². The fourth-order valence-electron chi connectivity index (χ4n) is 3.76.